The first-order chi connectivity index (χ1) is 8.52. The van der Waals surface area contributed by atoms with Crippen LogP contribution in [0.2, 0.25) is 0 Å². The molecule has 1 aromatic heterocycles. The quantitative estimate of drug-likeness (QED) is 0.900. The van der Waals surface area contributed by atoms with Crippen LogP contribution in [-0.2, 0) is 4.74 Å². The van der Waals surface area contributed by atoms with E-state index in [1.807, 2.05) is 6.92 Å². The van der Waals surface area contributed by atoms with Crippen LogP contribution in [0.5, 0.6) is 0 Å². The van der Waals surface area contributed by atoms with E-state index < -0.39 is 0 Å². The molecule has 1 fully saturated rings. The Balaban J connectivity index is 2.04. The molecule has 0 aromatic carbocycles. The predicted octanol–water partition coefficient (Wildman–Crippen LogP) is 2.96. The van der Waals surface area contributed by atoms with Gasteiger partial charge in [0.05, 0.1) is 16.4 Å². The molecule has 0 unspecified atom stereocenters. The zero-order valence-electron chi connectivity index (χ0n) is 10.9. The van der Waals surface area contributed by atoms with Crippen molar-refractivity contribution in [1.29, 1.82) is 0 Å². The van der Waals surface area contributed by atoms with E-state index in [4.69, 9.17) is 10.5 Å². The Morgan fingerprint density at radius 1 is 1.50 bits per heavy atom. The fraction of sp³-hybridized carbons (Fsp3) is 0.615. The summed E-state index contributed by atoms with van der Waals surface area (Å²) in [5, 5.41) is 3.42. The van der Waals surface area contributed by atoms with Crippen molar-refractivity contribution in [1.82, 2.24) is 4.98 Å². The summed E-state index contributed by atoms with van der Waals surface area (Å²) in [5.74, 6) is 0.870. The number of pyridine rings is 1. The lowest BCUT2D eigenvalue weighted by molar-refractivity contribution is 0.0299. The van der Waals surface area contributed by atoms with Gasteiger partial charge in [0.1, 0.15) is 5.82 Å². The summed E-state index contributed by atoms with van der Waals surface area (Å²) in [4.78, 5) is 4.34. The summed E-state index contributed by atoms with van der Waals surface area (Å²) < 4.78 is 6.36. The molecule has 100 valence electrons. The maximum atomic E-state index is 5.82. The fourth-order valence-electron chi connectivity index (χ4n) is 2.05. The standard InChI is InChI=1S/C13H20BrN3O/c1-9-10(15)7-16-12(11(9)14)17-8-13(2)3-5-18-6-4-13/h7H,3-6,8,15H2,1-2H3,(H,16,17). The van der Waals surface area contributed by atoms with Gasteiger partial charge in [-0.25, -0.2) is 4.98 Å². The van der Waals surface area contributed by atoms with Crippen molar-refractivity contribution in [3.05, 3.63) is 16.2 Å². The predicted molar refractivity (Wildman–Crippen MR) is 77.7 cm³/mol. The molecule has 1 aromatic rings. The van der Waals surface area contributed by atoms with Gasteiger partial charge in [-0.05, 0) is 46.7 Å². The second kappa shape index (κ2) is 5.45. The molecular formula is C13H20BrN3O. The first kappa shape index (κ1) is 13.6. The van der Waals surface area contributed by atoms with Crippen molar-refractivity contribution in [3.8, 4) is 0 Å². The number of rotatable bonds is 3. The van der Waals surface area contributed by atoms with Crippen LogP contribution in [0.3, 0.4) is 0 Å². The molecule has 1 saturated heterocycles. The van der Waals surface area contributed by atoms with Crippen LogP contribution in [0.4, 0.5) is 11.5 Å². The second-order valence-electron chi connectivity index (χ2n) is 5.28. The van der Waals surface area contributed by atoms with Crippen molar-refractivity contribution in [3.63, 3.8) is 0 Å². The van der Waals surface area contributed by atoms with Crippen LogP contribution in [0.1, 0.15) is 25.3 Å². The smallest absolute Gasteiger partial charge is 0.140 e. The maximum absolute atomic E-state index is 5.82. The number of anilines is 2. The number of halogens is 1. The van der Waals surface area contributed by atoms with Crippen LogP contribution < -0.4 is 11.1 Å². The van der Waals surface area contributed by atoms with Crippen LogP contribution in [0.15, 0.2) is 10.7 Å². The highest BCUT2D eigenvalue weighted by Crippen LogP contribution is 2.32. The number of nitrogens with zero attached hydrogens (tertiary/aromatic N) is 1. The maximum Gasteiger partial charge on any atom is 0.140 e. The number of ether oxygens (including phenoxy) is 1. The molecule has 3 N–H and O–H groups in total. The van der Waals surface area contributed by atoms with E-state index in [0.717, 1.165) is 48.5 Å². The molecule has 1 aliphatic heterocycles. The molecule has 0 bridgehead atoms. The Hall–Kier alpha value is -0.810. The van der Waals surface area contributed by atoms with Gasteiger partial charge < -0.3 is 15.8 Å². The molecular weight excluding hydrogens is 294 g/mol. The van der Waals surface area contributed by atoms with Gasteiger partial charge in [-0.15, -0.1) is 0 Å². The average Bonchev–Trinajstić information content (AvgIpc) is 2.36. The summed E-state index contributed by atoms with van der Waals surface area (Å²) >= 11 is 3.54. The first-order valence-corrected chi connectivity index (χ1v) is 7.03. The number of hydrogen-bond donors (Lipinski definition) is 2. The number of aromatic nitrogens is 1. The Morgan fingerprint density at radius 2 is 2.17 bits per heavy atom. The van der Waals surface area contributed by atoms with Crippen molar-refractivity contribution in [2.24, 2.45) is 5.41 Å². The second-order valence-corrected chi connectivity index (χ2v) is 6.07. The summed E-state index contributed by atoms with van der Waals surface area (Å²) in [6.07, 6.45) is 3.88. The summed E-state index contributed by atoms with van der Waals surface area (Å²) in [7, 11) is 0. The summed E-state index contributed by atoms with van der Waals surface area (Å²) in [5.41, 5.74) is 7.85. The molecule has 1 aliphatic rings. The van der Waals surface area contributed by atoms with Gasteiger partial charge in [0.25, 0.3) is 0 Å². The molecule has 0 aliphatic carbocycles. The Morgan fingerprint density at radius 3 is 2.83 bits per heavy atom. The van der Waals surface area contributed by atoms with Crippen molar-refractivity contribution < 1.29 is 4.74 Å². The summed E-state index contributed by atoms with van der Waals surface area (Å²) in [6, 6.07) is 0. The van der Waals surface area contributed by atoms with Crippen LogP contribution in [0.25, 0.3) is 0 Å². The Kier molecular flexibility index (Phi) is 4.12. The number of nitrogen functional groups attached to an aromatic ring is 1. The topological polar surface area (TPSA) is 60.2 Å². The zero-order valence-corrected chi connectivity index (χ0v) is 12.5. The fourth-order valence-corrected chi connectivity index (χ4v) is 2.52. The minimum absolute atomic E-state index is 0.286. The van der Waals surface area contributed by atoms with E-state index in [-0.39, 0.29) is 5.41 Å². The van der Waals surface area contributed by atoms with Gasteiger partial charge in [0.15, 0.2) is 0 Å². The normalized spacial score (nSPS) is 18.6. The van der Waals surface area contributed by atoms with Crippen molar-refractivity contribution in [2.45, 2.75) is 26.7 Å². The molecule has 0 amide bonds. The molecule has 18 heavy (non-hydrogen) atoms. The molecule has 0 radical (unpaired) electrons. The third kappa shape index (κ3) is 2.95. The highest BCUT2D eigenvalue weighted by molar-refractivity contribution is 9.10. The van der Waals surface area contributed by atoms with E-state index in [2.05, 4.69) is 33.2 Å². The monoisotopic (exact) mass is 313 g/mol. The van der Waals surface area contributed by atoms with Gasteiger partial charge >= 0.3 is 0 Å². The molecule has 2 rings (SSSR count). The van der Waals surface area contributed by atoms with Crippen LogP contribution in [0, 0.1) is 12.3 Å². The van der Waals surface area contributed by atoms with Gasteiger partial charge in [-0.1, -0.05) is 6.92 Å². The lowest BCUT2D eigenvalue weighted by Crippen LogP contribution is -2.33. The number of nitrogens with one attached hydrogen (secondary N) is 1. The highest BCUT2D eigenvalue weighted by atomic mass is 79.9. The molecule has 0 spiro atoms. The minimum atomic E-state index is 0.286. The molecule has 0 saturated carbocycles. The molecule has 0 atom stereocenters. The molecule has 5 heteroatoms. The average molecular weight is 314 g/mol. The lowest BCUT2D eigenvalue weighted by Gasteiger charge is -2.33. The van der Waals surface area contributed by atoms with E-state index in [1.54, 1.807) is 6.20 Å². The van der Waals surface area contributed by atoms with Crippen molar-refractivity contribution in [2.75, 3.05) is 30.8 Å². The highest BCUT2D eigenvalue weighted by Gasteiger charge is 2.27. The SMILES string of the molecule is Cc1c(N)cnc(NCC2(C)CCOCC2)c1Br. The van der Waals surface area contributed by atoms with Gasteiger partial charge in [-0.3, -0.25) is 0 Å². The van der Waals surface area contributed by atoms with Gasteiger partial charge in [0, 0.05) is 19.8 Å². The molecule has 2 heterocycles. The Labute approximate surface area is 116 Å². The van der Waals surface area contributed by atoms with Gasteiger partial charge in [-0.2, -0.15) is 0 Å². The zero-order chi connectivity index (χ0) is 13.2. The molecule has 4 nitrogen and oxygen atoms in total. The van der Waals surface area contributed by atoms with E-state index >= 15 is 0 Å². The van der Waals surface area contributed by atoms with E-state index in [0.29, 0.717) is 5.69 Å². The van der Waals surface area contributed by atoms with Crippen molar-refractivity contribution >= 4 is 27.4 Å². The first-order valence-electron chi connectivity index (χ1n) is 6.24. The lowest BCUT2D eigenvalue weighted by atomic mass is 9.82. The van der Waals surface area contributed by atoms with Crippen LogP contribution >= 0.6 is 15.9 Å². The largest absolute Gasteiger partial charge is 0.397 e. The number of hydrogen-bond acceptors (Lipinski definition) is 4. The Bertz CT molecular complexity index is 430. The number of nitrogens with two attached hydrogens (primary N) is 1. The third-order valence-electron chi connectivity index (χ3n) is 3.69. The van der Waals surface area contributed by atoms with Gasteiger partial charge in [0.2, 0.25) is 0 Å². The third-order valence-corrected chi connectivity index (χ3v) is 4.66. The van der Waals surface area contributed by atoms with Crippen LogP contribution in [-0.4, -0.2) is 24.7 Å². The minimum Gasteiger partial charge on any atom is -0.397 e. The summed E-state index contributed by atoms with van der Waals surface area (Å²) in [6.45, 7) is 6.90. The van der Waals surface area contributed by atoms with E-state index in [9.17, 15) is 0 Å². The van der Waals surface area contributed by atoms with E-state index in [1.165, 1.54) is 0 Å².